The smallest absolute Gasteiger partial charge is 0.202 e. The highest BCUT2D eigenvalue weighted by molar-refractivity contribution is 5.53. The average Bonchev–Trinajstić information content (AvgIpc) is 2.25. The van der Waals surface area contributed by atoms with Crippen molar-refractivity contribution in [3.05, 3.63) is 11.6 Å². The summed E-state index contributed by atoms with van der Waals surface area (Å²) in [5.74, 6) is 1.69. The second kappa shape index (κ2) is 10.6. The predicted octanol–water partition coefficient (Wildman–Crippen LogP) is 5.07. The molecule has 0 aromatic carbocycles. The summed E-state index contributed by atoms with van der Waals surface area (Å²) in [6.07, 6.45) is 12.2. The predicted molar refractivity (Wildman–Crippen MR) is 75.8 cm³/mol. The molecule has 99 valence electrons. The minimum absolute atomic E-state index is 0.454. The lowest BCUT2D eigenvalue weighted by molar-refractivity contribution is 0.427. The van der Waals surface area contributed by atoms with Gasteiger partial charge >= 0.3 is 0 Å². The molecule has 0 saturated heterocycles. The van der Waals surface area contributed by atoms with Crippen molar-refractivity contribution >= 4 is 6.29 Å². The van der Waals surface area contributed by atoms with Gasteiger partial charge in [-0.3, -0.25) is 4.79 Å². The van der Waals surface area contributed by atoms with Crippen LogP contribution < -0.4 is 0 Å². The summed E-state index contributed by atoms with van der Waals surface area (Å²) < 4.78 is 0. The van der Waals surface area contributed by atoms with E-state index in [1.54, 1.807) is 0 Å². The molecule has 0 aromatic rings. The van der Waals surface area contributed by atoms with Gasteiger partial charge in [0.1, 0.15) is 0 Å². The lowest BCUT2D eigenvalue weighted by atomic mass is 9.94. The van der Waals surface area contributed by atoms with Gasteiger partial charge in [-0.25, -0.2) is 0 Å². The molecule has 0 bridgehead atoms. The van der Waals surface area contributed by atoms with Gasteiger partial charge in [0.05, 0.1) is 0 Å². The van der Waals surface area contributed by atoms with Crippen LogP contribution in [0.1, 0.15) is 72.6 Å². The molecule has 1 heteroatoms. The molecular formula is C16H29O. The fraction of sp³-hybridized carbons (Fsp3) is 0.812. The lowest BCUT2D eigenvalue weighted by Crippen LogP contribution is -1.97. The number of rotatable bonds is 10. The summed E-state index contributed by atoms with van der Waals surface area (Å²) in [6, 6.07) is 0. The van der Waals surface area contributed by atoms with Crippen molar-refractivity contribution in [1.82, 2.24) is 0 Å². The van der Waals surface area contributed by atoms with Gasteiger partial charge in [0.15, 0.2) is 0 Å². The zero-order valence-electron chi connectivity index (χ0n) is 12.1. The van der Waals surface area contributed by atoms with Crippen molar-refractivity contribution < 1.29 is 4.79 Å². The second-order valence-corrected chi connectivity index (χ2v) is 5.72. The maximum Gasteiger partial charge on any atom is 0.202 e. The minimum Gasteiger partial charge on any atom is -0.291 e. The monoisotopic (exact) mass is 237 g/mol. The van der Waals surface area contributed by atoms with Crippen molar-refractivity contribution in [2.75, 3.05) is 0 Å². The quantitative estimate of drug-likeness (QED) is 0.485. The molecule has 0 saturated carbocycles. The van der Waals surface area contributed by atoms with E-state index in [1.807, 2.05) is 12.4 Å². The Bertz CT molecular complexity index is 216. The van der Waals surface area contributed by atoms with Gasteiger partial charge < -0.3 is 0 Å². The highest BCUT2D eigenvalue weighted by Crippen LogP contribution is 2.19. The molecular weight excluding hydrogens is 208 g/mol. The lowest BCUT2D eigenvalue weighted by Gasteiger charge is -2.12. The first-order valence-electron chi connectivity index (χ1n) is 7.06. The molecule has 0 aliphatic heterocycles. The number of hydrogen-bond donors (Lipinski definition) is 0. The van der Waals surface area contributed by atoms with Crippen molar-refractivity contribution in [2.24, 2.45) is 11.8 Å². The van der Waals surface area contributed by atoms with E-state index in [1.165, 1.54) is 37.7 Å². The Morgan fingerprint density at radius 1 is 1.12 bits per heavy atom. The summed E-state index contributed by atoms with van der Waals surface area (Å²) >= 11 is 0. The Hall–Kier alpha value is -0.590. The van der Waals surface area contributed by atoms with Gasteiger partial charge in [0.25, 0.3) is 0 Å². The molecule has 1 unspecified atom stereocenters. The summed E-state index contributed by atoms with van der Waals surface area (Å²) in [4.78, 5) is 10.1. The van der Waals surface area contributed by atoms with Gasteiger partial charge in [-0.2, -0.15) is 0 Å². The first-order chi connectivity index (χ1) is 8.06. The number of allylic oxidation sites excluding steroid dienone is 2. The van der Waals surface area contributed by atoms with Gasteiger partial charge in [-0.15, -0.1) is 0 Å². The largest absolute Gasteiger partial charge is 0.291 e. The molecule has 0 aliphatic rings. The fourth-order valence-corrected chi connectivity index (χ4v) is 2.07. The van der Waals surface area contributed by atoms with Crippen LogP contribution in [0.5, 0.6) is 0 Å². The summed E-state index contributed by atoms with van der Waals surface area (Å²) in [6.45, 7) is 9.06. The van der Waals surface area contributed by atoms with Crippen molar-refractivity contribution in [1.29, 1.82) is 0 Å². The van der Waals surface area contributed by atoms with Crippen LogP contribution in [0.2, 0.25) is 0 Å². The maximum absolute atomic E-state index is 10.1. The van der Waals surface area contributed by atoms with Gasteiger partial charge in [-0.05, 0) is 31.6 Å². The molecule has 0 N–H and O–H groups in total. The van der Waals surface area contributed by atoms with E-state index in [-0.39, 0.29) is 0 Å². The molecule has 0 rings (SSSR count). The molecule has 1 radical (unpaired) electrons. The van der Waals surface area contributed by atoms with E-state index < -0.39 is 0 Å². The van der Waals surface area contributed by atoms with E-state index in [0.717, 1.165) is 18.3 Å². The van der Waals surface area contributed by atoms with Crippen LogP contribution in [0.3, 0.4) is 0 Å². The van der Waals surface area contributed by atoms with E-state index in [9.17, 15) is 4.79 Å². The van der Waals surface area contributed by atoms with E-state index >= 15 is 0 Å². The van der Waals surface area contributed by atoms with Crippen LogP contribution in [0.15, 0.2) is 11.6 Å². The molecule has 0 aliphatic carbocycles. The third kappa shape index (κ3) is 11.7. The molecule has 1 atom stereocenters. The normalized spacial score (nSPS) is 14.1. The average molecular weight is 237 g/mol. The number of carbonyl (C=O) groups excluding carboxylic acids is 1. The molecule has 1 nitrogen and oxygen atoms in total. The Labute approximate surface area is 108 Å². The van der Waals surface area contributed by atoms with Gasteiger partial charge in [-0.1, -0.05) is 58.1 Å². The second-order valence-electron chi connectivity index (χ2n) is 5.72. The van der Waals surface area contributed by atoms with Crippen LogP contribution in [0.25, 0.3) is 0 Å². The summed E-state index contributed by atoms with van der Waals surface area (Å²) in [7, 11) is 0. The molecule has 0 spiro atoms. The zero-order chi connectivity index (χ0) is 13.1. The van der Waals surface area contributed by atoms with Crippen LogP contribution in [0, 0.1) is 11.8 Å². The fourth-order valence-electron chi connectivity index (χ4n) is 2.07. The standard InChI is InChI=1S/C16H29O/c1-14(2)8-5-9-15(3)10-6-11-16(4)12-7-13-17/h12,14-15H,5-11H2,1-4H3/b16-12+. The molecule has 0 amide bonds. The van der Waals surface area contributed by atoms with Crippen molar-refractivity contribution in [3.63, 3.8) is 0 Å². The van der Waals surface area contributed by atoms with Crippen LogP contribution in [-0.2, 0) is 4.79 Å². The minimum atomic E-state index is 0.454. The Morgan fingerprint density at radius 3 is 2.35 bits per heavy atom. The first-order valence-corrected chi connectivity index (χ1v) is 7.06. The Morgan fingerprint density at radius 2 is 1.76 bits per heavy atom. The van der Waals surface area contributed by atoms with E-state index in [0.29, 0.717) is 6.42 Å². The van der Waals surface area contributed by atoms with Gasteiger partial charge in [0, 0.05) is 6.42 Å². The van der Waals surface area contributed by atoms with Crippen molar-refractivity contribution in [2.45, 2.75) is 72.6 Å². The number of hydrogen-bond acceptors (Lipinski definition) is 1. The third-order valence-corrected chi connectivity index (χ3v) is 3.28. The van der Waals surface area contributed by atoms with Crippen LogP contribution >= 0.6 is 0 Å². The highest BCUT2D eigenvalue weighted by atomic mass is 16.1. The molecule has 0 fully saturated rings. The van der Waals surface area contributed by atoms with E-state index in [4.69, 9.17) is 0 Å². The summed E-state index contributed by atoms with van der Waals surface area (Å²) in [5, 5.41) is 0. The molecule has 0 heterocycles. The summed E-state index contributed by atoms with van der Waals surface area (Å²) in [5.41, 5.74) is 1.34. The Balaban J connectivity index is 3.50. The van der Waals surface area contributed by atoms with Crippen molar-refractivity contribution in [3.8, 4) is 0 Å². The third-order valence-electron chi connectivity index (χ3n) is 3.28. The topological polar surface area (TPSA) is 17.1 Å². The molecule has 17 heavy (non-hydrogen) atoms. The van der Waals surface area contributed by atoms with E-state index in [2.05, 4.69) is 27.7 Å². The zero-order valence-corrected chi connectivity index (χ0v) is 12.1. The first kappa shape index (κ1) is 16.4. The Kier molecular flexibility index (Phi) is 10.2. The van der Waals surface area contributed by atoms with Crippen LogP contribution in [-0.4, -0.2) is 6.29 Å². The SMILES string of the molecule is C/C(=C\C[C]=O)CCCC(C)CCCC(C)C. The van der Waals surface area contributed by atoms with Gasteiger partial charge in [0.2, 0.25) is 6.29 Å². The maximum atomic E-state index is 10.1. The molecule has 0 aromatic heterocycles. The highest BCUT2D eigenvalue weighted by Gasteiger charge is 2.03. The van der Waals surface area contributed by atoms with Crippen LogP contribution in [0.4, 0.5) is 0 Å².